The van der Waals surface area contributed by atoms with Crippen LogP contribution < -0.4 is 5.73 Å². The molecule has 7 nitrogen and oxygen atoms in total. The second kappa shape index (κ2) is 5.05. The van der Waals surface area contributed by atoms with Gasteiger partial charge in [0, 0.05) is 23.2 Å². The lowest BCUT2D eigenvalue weighted by atomic mass is 10.0. The second-order valence-electron chi connectivity index (χ2n) is 7.38. The Hall–Kier alpha value is -2.41. The maximum Gasteiger partial charge on any atom is 0.146 e. The Kier molecular flexibility index (Phi) is 3.01. The maximum atomic E-state index is 10.8. The second-order valence-corrected chi connectivity index (χ2v) is 7.38. The first kappa shape index (κ1) is 14.9. The van der Waals surface area contributed by atoms with Gasteiger partial charge in [-0.3, -0.25) is 0 Å². The Balaban J connectivity index is 1.90. The van der Waals surface area contributed by atoms with Crippen LogP contribution in [0, 0.1) is 0 Å². The van der Waals surface area contributed by atoms with E-state index < -0.39 is 6.10 Å². The third-order valence-electron chi connectivity index (χ3n) is 5.36. The molecule has 1 fully saturated rings. The lowest BCUT2D eigenvalue weighted by Gasteiger charge is -2.14. The van der Waals surface area contributed by atoms with Gasteiger partial charge in [-0.2, -0.15) is 0 Å². The Morgan fingerprint density at radius 3 is 2.80 bits per heavy atom. The fourth-order valence-corrected chi connectivity index (χ4v) is 4.13. The molecule has 2 aliphatic carbocycles. The van der Waals surface area contributed by atoms with Gasteiger partial charge < -0.3 is 19.9 Å². The number of rotatable bonds is 2. The average Bonchev–Trinajstić information content (AvgIpc) is 3.26. The van der Waals surface area contributed by atoms with Crippen LogP contribution in [0.15, 0.2) is 10.9 Å². The molecule has 0 bridgehead atoms. The van der Waals surface area contributed by atoms with Gasteiger partial charge in [-0.25, -0.2) is 9.97 Å². The number of nitrogens with zero attached hydrogens (tertiary/aromatic N) is 4. The minimum Gasteiger partial charge on any atom is -0.388 e. The van der Waals surface area contributed by atoms with E-state index in [1.165, 1.54) is 6.33 Å². The van der Waals surface area contributed by atoms with E-state index in [-0.39, 0.29) is 6.04 Å². The summed E-state index contributed by atoms with van der Waals surface area (Å²) in [5.41, 5.74) is 10.6. The zero-order valence-corrected chi connectivity index (χ0v) is 14.4. The number of aromatic nitrogens is 4. The monoisotopic (exact) mass is 339 g/mol. The van der Waals surface area contributed by atoms with Crippen LogP contribution in [0.2, 0.25) is 0 Å². The van der Waals surface area contributed by atoms with Crippen molar-refractivity contribution >= 4 is 16.9 Å². The van der Waals surface area contributed by atoms with E-state index >= 15 is 0 Å². The Morgan fingerprint density at radius 2 is 2.08 bits per heavy atom. The van der Waals surface area contributed by atoms with Crippen molar-refractivity contribution in [2.75, 3.05) is 5.73 Å². The molecule has 0 saturated heterocycles. The van der Waals surface area contributed by atoms with Crippen molar-refractivity contribution in [1.82, 2.24) is 19.7 Å². The molecule has 5 rings (SSSR count). The number of nitrogen functional groups attached to an aromatic ring is 1. The molecule has 0 unspecified atom stereocenters. The van der Waals surface area contributed by atoms with Gasteiger partial charge >= 0.3 is 0 Å². The molecule has 7 heteroatoms. The Morgan fingerprint density at radius 1 is 1.28 bits per heavy atom. The van der Waals surface area contributed by atoms with Gasteiger partial charge in [0.15, 0.2) is 0 Å². The summed E-state index contributed by atoms with van der Waals surface area (Å²) in [6.07, 6.45) is 4.51. The van der Waals surface area contributed by atoms with Crippen LogP contribution in [0.4, 0.5) is 5.82 Å². The van der Waals surface area contributed by atoms with Crippen LogP contribution in [-0.4, -0.2) is 24.8 Å². The van der Waals surface area contributed by atoms with E-state index in [0.29, 0.717) is 23.9 Å². The summed E-state index contributed by atoms with van der Waals surface area (Å²) in [5, 5.41) is 16.0. The minimum atomic E-state index is -0.564. The summed E-state index contributed by atoms with van der Waals surface area (Å²) in [4.78, 5) is 8.69. The van der Waals surface area contributed by atoms with Crippen LogP contribution >= 0.6 is 0 Å². The number of anilines is 1. The summed E-state index contributed by atoms with van der Waals surface area (Å²) >= 11 is 0. The molecule has 0 spiro atoms. The van der Waals surface area contributed by atoms with Gasteiger partial charge in [0.1, 0.15) is 29.2 Å². The molecule has 0 aromatic carbocycles. The topological polar surface area (TPSA) is 103 Å². The van der Waals surface area contributed by atoms with Crippen LogP contribution in [0.5, 0.6) is 0 Å². The minimum absolute atomic E-state index is 0.217. The van der Waals surface area contributed by atoms with Crippen molar-refractivity contribution in [1.29, 1.82) is 0 Å². The third-order valence-corrected chi connectivity index (χ3v) is 5.36. The molecule has 1 atom stereocenters. The highest BCUT2D eigenvalue weighted by Gasteiger charge is 2.39. The summed E-state index contributed by atoms with van der Waals surface area (Å²) in [6, 6.07) is 0.217. The SMILES string of the molecule is CC(C)n1c2c(c3c(N)ncnc31)-c1noc(C3CC3)c1[C@@H](O)CC2. The summed E-state index contributed by atoms with van der Waals surface area (Å²) in [7, 11) is 0. The largest absolute Gasteiger partial charge is 0.388 e. The highest BCUT2D eigenvalue weighted by molar-refractivity contribution is 6.02. The molecule has 3 heterocycles. The lowest BCUT2D eigenvalue weighted by Crippen LogP contribution is -2.08. The molecule has 0 aliphatic heterocycles. The van der Waals surface area contributed by atoms with Gasteiger partial charge in [-0.05, 0) is 39.5 Å². The fraction of sp³-hybridized carbons (Fsp3) is 0.500. The zero-order chi connectivity index (χ0) is 17.3. The zero-order valence-electron chi connectivity index (χ0n) is 14.4. The van der Waals surface area contributed by atoms with Crippen LogP contribution in [0.25, 0.3) is 22.3 Å². The number of fused-ring (bicyclic) bond motifs is 5. The van der Waals surface area contributed by atoms with Crippen LogP contribution in [0.1, 0.15) is 68.2 Å². The summed E-state index contributed by atoms with van der Waals surface area (Å²) < 4.78 is 7.87. The highest BCUT2D eigenvalue weighted by Crippen LogP contribution is 2.50. The quantitative estimate of drug-likeness (QED) is 0.743. The molecular weight excluding hydrogens is 318 g/mol. The molecule has 130 valence electrons. The van der Waals surface area contributed by atoms with Crippen molar-refractivity contribution in [2.45, 2.75) is 57.6 Å². The van der Waals surface area contributed by atoms with Gasteiger partial charge in [-0.15, -0.1) is 0 Å². The third kappa shape index (κ3) is 1.99. The molecular formula is C18H21N5O2. The predicted octanol–water partition coefficient (Wildman–Crippen LogP) is 3.11. The molecule has 2 aliphatic rings. The van der Waals surface area contributed by atoms with Crippen LogP contribution in [-0.2, 0) is 6.42 Å². The van der Waals surface area contributed by atoms with Crippen molar-refractivity contribution in [3.8, 4) is 11.3 Å². The first-order valence-corrected chi connectivity index (χ1v) is 8.89. The Labute approximate surface area is 144 Å². The molecule has 25 heavy (non-hydrogen) atoms. The molecule has 3 N–H and O–H groups in total. The number of hydrogen-bond acceptors (Lipinski definition) is 6. The number of aliphatic hydroxyl groups is 1. The van der Waals surface area contributed by atoms with Gasteiger partial charge in [0.05, 0.1) is 17.1 Å². The van der Waals surface area contributed by atoms with Crippen LogP contribution in [0.3, 0.4) is 0 Å². The number of nitrogens with two attached hydrogens (primary N) is 1. The first-order valence-electron chi connectivity index (χ1n) is 8.89. The van der Waals surface area contributed by atoms with E-state index in [4.69, 9.17) is 10.3 Å². The van der Waals surface area contributed by atoms with Crippen molar-refractivity contribution in [3.05, 3.63) is 23.3 Å². The summed E-state index contributed by atoms with van der Waals surface area (Å²) in [6.45, 7) is 4.25. The van der Waals surface area contributed by atoms with Gasteiger partial charge in [0.25, 0.3) is 0 Å². The molecule has 0 amide bonds. The maximum absolute atomic E-state index is 10.8. The number of hydrogen-bond donors (Lipinski definition) is 2. The fourth-order valence-electron chi connectivity index (χ4n) is 4.13. The lowest BCUT2D eigenvalue weighted by molar-refractivity contribution is 0.165. The predicted molar refractivity (Wildman–Crippen MR) is 93.1 cm³/mol. The summed E-state index contributed by atoms with van der Waals surface area (Å²) in [5.74, 6) is 1.68. The van der Waals surface area contributed by atoms with Gasteiger partial charge in [-0.1, -0.05) is 5.16 Å². The van der Waals surface area contributed by atoms with E-state index in [1.54, 1.807) is 0 Å². The van der Waals surface area contributed by atoms with E-state index in [2.05, 4.69) is 33.5 Å². The molecule has 1 saturated carbocycles. The normalized spacial score (nSPS) is 19.9. The molecule has 3 aromatic heterocycles. The number of aliphatic hydroxyl groups excluding tert-OH is 1. The standard InChI is InChI=1S/C18H21N5O2/c1-8(2)23-10-5-6-11(24)13-15(22-25-16(13)9-3-4-9)12(10)14-17(19)20-7-21-18(14)23/h7-9,11,24H,3-6H2,1-2H3,(H2,19,20,21)/t11-/m0/s1. The van der Waals surface area contributed by atoms with E-state index in [1.807, 2.05) is 0 Å². The highest BCUT2D eigenvalue weighted by atomic mass is 16.5. The smallest absolute Gasteiger partial charge is 0.146 e. The van der Waals surface area contributed by atoms with Gasteiger partial charge in [0.2, 0.25) is 0 Å². The van der Waals surface area contributed by atoms with Crippen molar-refractivity contribution in [2.24, 2.45) is 0 Å². The first-order chi connectivity index (χ1) is 12.1. The van der Waals surface area contributed by atoms with Crippen molar-refractivity contribution < 1.29 is 9.63 Å². The van der Waals surface area contributed by atoms with E-state index in [9.17, 15) is 5.11 Å². The van der Waals surface area contributed by atoms with Crippen molar-refractivity contribution in [3.63, 3.8) is 0 Å². The molecule has 3 aromatic rings. The Bertz CT molecular complexity index is 983. The molecule has 0 radical (unpaired) electrons. The average molecular weight is 339 g/mol. The van der Waals surface area contributed by atoms with E-state index in [0.717, 1.165) is 52.9 Å².